The quantitative estimate of drug-likeness (QED) is 0.596. The Bertz CT molecular complexity index is 1010. The molecule has 2 N–H and O–H groups in total. The molecule has 0 saturated carbocycles. The smallest absolute Gasteiger partial charge is 0.307 e. The highest BCUT2D eigenvalue weighted by Crippen LogP contribution is 2.33. The summed E-state index contributed by atoms with van der Waals surface area (Å²) in [6.07, 6.45) is -0.130. The van der Waals surface area contributed by atoms with E-state index in [9.17, 15) is 14.4 Å². The first-order valence-electron chi connectivity index (χ1n) is 7.11. The van der Waals surface area contributed by atoms with Crippen molar-refractivity contribution in [2.75, 3.05) is 0 Å². The minimum Gasteiger partial charge on any atom is -0.481 e. The molecule has 23 heavy (non-hydrogen) atoms. The number of carbonyl (C=O) groups excluding carboxylic acids is 2. The average molecular weight is 305 g/mol. The molecule has 5 nitrogen and oxygen atoms in total. The van der Waals surface area contributed by atoms with Gasteiger partial charge in [-0.1, -0.05) is 30.3 Å². The van der Waals surface area contributed by atoms with Gasteiger partial charge in [0, 0.05) is 22.0 Å². The molecule has 4 rings (SSSR count). The van der Waals surface area contributed by atoms with E-state index in [1.807, 2.05) is 0 Å². The second kappa shape index (κ2) is 4.64. The van der Waals surface area contributed by atoms with E-state index >= 15 is 0 Å². The molecule has 1 heterocycles. The van der Waals surface area contributed by atoms with Crippen molar-refractivity contribution in [3.05, 3.63) is 70.4 Å². The number of rotatable bonds is 2. The molecule has 2 aromatic carbocycles. The van der Waals surface area contributed by atoms with Gasteiger partial charge in [0.05, 0.1) is 17.7 Å². The number of aromatic nitrogens is 1. The van der Waals surface area contributed by atoms with Crippen LogP contribution >= 0.6 is 0 Å². The van der Waals surface area contributed by atoms with Crippen LogP contribution in [0, 0.1) is 0 Å². The van der Waals surface area contributed by atoms with Crippen molar-refractivity contribution in [1.29, 1.82) is 0 Å². The summed E-state index contributed by atoms with van der Waals surface area (Å²) < 4.78 is 0. The van der Waals surface area contributed by atoms with E-state index in [2.05, 4.69) is 4.98 Å². The molecule has 1 aromatic heterocycles. The van der Waals surface area contributed by atoms with Crippen LogP contribution in [0.4, 0.5) is 0 Å². The summed E-state index contributed by atoms with van der Waals surface area (Å²) in [6.45, 7) is 0. The molecule has 0 saturated heterocycles. The fourth-order valence-corrected chi connectivity index (χ4v) is 3.08. The molecule has 0 amide bonds. The first kappa shape index (κ1) is 13.5. The van der Waals surface area contributed by atoms with Crippen LogP contribution in [0.25, 0.3) is 10.9 Å². The zero-order chi connectivity index (χ0) is 16.1. The van der Waals surface area contributed by atoms with E-state index in [1.165, 1.54) is 0 Å². The highest BCUT2D eigenvalue weighted by Gasteiger charge is 2.32. The third-order valence-corrected chi connectivity index (χ3v) is 4.09. The highest BCUT2D eigenvalue weighted by molar-refractivity contribution is 6.32. The number of carbonyl (C=O) groups is 3. The van der Waals surface area contributed by atoms with E-state index in [4.69, 9.17) is 5.11 Å². The molecular formula is C18H11NO4. The summed E-state index contributed by atoms with van der Waals surface area (Å²) in [5.74, 6) is -1.37. The number of benzene rings is 2. The van der Waals surface area contributed by atoms with Crippen molar-refractivity contribution >= 4 is 28.4 Å². The van der Waals surface area contributed by atoms with Crippen LogP contribution in [0.2, 0.25) is 0 Å². The number of H-pyrrole nitrogens is 1. The number of carboxylic acid groups (broad SMARTS) is 1. The van der Waals surface area contributed by atoms with E-state index in [0.29, 0.717) is 33.2 Å². The van der Waals surface area contributed by atoms with Gasteiger partial charge in [-0.3, -0.25) is 14.4 Å². The third-order valence-electron chi connectivity index (χ3n) is 4.09. The van der Waals surface area contributed by atoms with Crippen LogP contribution in [0.1, 0.15) is 37.5 Å². The van der Waals surface area contributed by atoms with Crippen LogP contribution in [0.3, 0.4) is 0 Å². The fourth-order valence-electron chi connectivity index (χ4n) is 3.08. The Hall–Kier alpha value is -3.21. The minimum absolute atomic E-state index is 0.130. The van der Waals surface area contributed by atoms with Crippen molar-refractivity contribution in [3.8, 4) is 0 Å². The van der Waals surface area contributed by atoms with Crippen LogP contribution < -0.4 is 0 Å². The number of aromatic amines is 1. The fraction of sp³-hybridized carbons (Fsp3) is 0.0556. The zero-order valence-electron chi connectivity index (χ0n) is 11.9. The normalized spacial score (nSPS) is 13.0. The predicted molar refractivity (Wildman–Crippen MR) is 82.9 cm³/mol. The van der Waals surface area contributed by atoms with E-state index in [-0.39, 0.29) is 23.7 Å². The number of fused-ring (bicyclic) bond motifs is 4. The SMILES string of the molecule is O=C(O)Cc1ccc2[nH]c3c(c2c1)C(=O)c1ccccc1C3=O. The maximum absolute atomic E-state index is 12.8. The molecule has 0 bridgehead atoms. The maximum atomic E-state index is 12.8. The van der Waals surface area contributed by atoms with Crippen LogP contribution in [-0.2, 0) is 11.2 Å². The maximum Gasteiger partial charge on any atom is 0.307 e. The first-order valence-corrected chi connectivity index (χ1v) is 7.11. The molecule has 112 valence electrons. The molecule has 0 radical (unpaired) electrons. The largest absolute Gasteiger partial charge is 0.481 e. The van der Waals surface area contributed by atoms with Crippen molar-refractivity contribution in [2.45, 2.75) is 6.42 Å². The van der Waals surface area contributed by atoms with Gasteiger partial charge in [0.2, 0.25) is 5.78 Å². The summed E-state index contributed by atoms with van der Waals surface area (Å²) in [7, 11) is 0. The Kier molecular flexibility index (Phi) is 2.72. The Labute approximate surface area is 130 Å². The number of aliphatic carboxylic acids is 1. The molecular weight excluding hydrogens is 294 g/mol. The lowest BCUT2D eigenvalue weighted by Gasteiger charge is -2.13. The number of ketones is 2. The average Bonchev–Trinajstić information content (AvgIpc) is 2.91. The topological polar surface area (TPSA) is 87.2 Å². The predicted octanol–water partition coefficient (Wildman–Crippen LogP) is 2.57. The van der Waals surface area contributed by atoms with Crippen molar-refractivity contribution in [1.82, 2.24) is 4.98 Å². The van der Waals surface area contributed by atoms with Gasteiger partial charge in [-0.15, -0.1) is 0 Å². The number of carboxylic acids is 1. The third kappa shape index (κ3) is 1.90. The zero-order valence-corrected chi connectivity index (χ0v) is 11.9. The highest BCUT2D eigenvalue weighted by atomic mass is 16.4. The molecule has 5 heteroatoms. The summed E-state index contributed by atoms with van der Waals surface area (Å²) in [4.78, 5) is 39.3. The Morgan fingerprint density at radius 2 is 1.70 bits per heavy atom. The van der Waals surface area contributed by atoms with E-state index in [0.717, 1.165) is 0 Å². The van der Waals surface area contributed by atoms with Gasteiger partial charge in [0.25, 0.3) is 0 Å². The molecule has 0 fully saturated rings. The van der Waals surface area contributed by atoms with Gasteiger partial charge in [-0.25, -0.2) is 0 Å². The van der Waals surface area contributed by atoms with Crippen molar-refractivity contribution in [3.63, 3.8) is 0 Å². The van der Waals surface area contributed by atoms with E-state index in [1.54, 1.807) is 42.5 Å². The Morgan fingerprint density at radius 3 is 2.39 bits per heavy atom. The van der Waals surface area contributed by atoms with Crippen LogP contribution in [-0.4, -0.2) is 27.6 Å². The number of nitrogens with one attached hydrogen (secondary N) is 1. The summed E-state index contributed by atoms with van der Waals surface area (Å²) in [5.41, 5.74) is 2.62. The van der Waals surface area contributed by atoms with Crippen LogP contribution in [0.5, 0.6) is 0 Å². The molecule has 0 unspecified atom stereocenters. The Morgan fingerprint density at radius 1 is 1.00 bits per heavy atom. The lowest BCUT2D eigenvalue weighted by Crippen LogP contribution is -2.20. The van der Waals surface area contributed by atoms with E-state index < -0.39 is 5.97 Å². The van der Waals surface area contributed by atoms with Crippen LogP contribution in [0.15, 0.2) is 42.5 Å². The summed E-state index contributed by atoms with van der Waals surface area (Å²) >= 11 is 0. The summed E-state index contributed by atoms with van der Waals surface area (Å²) in [5, 5.41) is 9.51. The van der Waals surface area contributed by atoms with Gasteiger partial charge < -0.3 is 10.1 Å². The second-order valence-corrected chi connectivity index (χ2v) is 5.53. The van der Waals surface area contributed by atoms with Gasteiger partial charge in [0.1, 0.15) is 0 Å². The number of hydrogen-bond acceptors (Lipinski definition) is 3. The van der Waals surface area contributed by atoms with Crippen molar-refractivity contribution < 1.29 is 19.5 Å². The summed E-state index contributed by atoms with van der Waals surface area (Å²) in [6, 6.07) is 11.8. The molecule has 0 atom stereocenters. The van der Waals surface area contributed by atoms with Gasteiger partial charge >= 0.3 is 5.97 Å². The molecule has 1 aliphatic carbocycles. The van der Waals surface area contributed by atoms with Gasteiger partial charge in [0.15, 0.2) is 5.78 Å². The molecule has 1 aliphatic rings. The molecule has 0 spiro atoms. The monoisotopic (exact) mass is 305 g/mol. The molecule has 0 aliphatic heterocycles. The first-order chi connectivity index (χ1) is 11.1. The second-order valence-electron chi connectivity index (χ2n) is 5.53. The van der Waals surface area contributed by atoms with Gasteiger partial charge in [-0.2, -0.15) is 0 Å². The standard InChI is InChI=1S/C18H11NO4/c20-14(21)8-9-5-6-13-12(7-9)15-16(19-13)18(23)11-4-2-1-3-10(11)17(15)22/h1-7,19H,8H2,(H,20,21). The molecule has 3 aromatic rings. The Balaban J connectivity index is 1.98. The van der Waals surface area contributed by atoms with Crippen molar-refractivity contribution in [2.24, 2.45) is 0 Å². The number of hydrogen-bond donors (Lipinski definition) is 2. The lowest BCUT2D eigenvalue weighted by molar-refractivity contribution is -0.136. The van der Waals surface area contributed by atoms with Gasteiger partial charge in [-0.05, 0) is 17.7 Å². The minimum atomic E-state index is -0.943. The lowest BCUT2D eigenvalue weighted by atomic mass is 9.87.